The van der Waals surface area contributed by atoms with E-state index < -0.39 is 7.92 Å². The van der Waals surface area contributed by atoms with Crippen LogP contribution in [0.3, 0.4) is 0 Å². The largest absolute Gasteiger partial charge is 2.00 e. The van der Waals surface area contributed by atoms with Gasteiger partial charge in [0.1, 0.15) is 5.82 Å². The van der Waals surface area contributed by atoms with E-state index in [-0.39, 0.29) is 25.1 Å². The van der Waals surface area contributed by atoms with Gasteiger partial charge in [-0.1, -0.05) is 125 Å². The Morgan fingerprint density at radius 3 is 1.76 bits per heavy atom. The van der Waals surface area contributed by atoms with Crippen molar-refractivity contribution in [3.63, 3.8) is 0 Å². The Balaban J connectivity index is 0.00000417. The van der Waals surface area contributed by atoms with Crippen molar-refractivity contribution < 1.29 is 19.5 Å². The molecule has 0 N–H and O–H groups in total. The van der Waals surface area contributed by atoms with Crippen LogP contribution in [0.5, 0.6) is 0 Å². The van der Waals surface area contributed by atoms with E-state index in [1.807, 2.05) is 6.07 Å². The Bertz CT molecular complexity index is 1990. The van der Waals surface area contributed by atoms with Gasteiger partial charge in [-0.2, -0.15) is 0 Å². The summed E-state index contributed by atoms with van der Waals surface area (Å²) in [5.41, 5.74) is 15.5. The molecule has 1 fully saturated rings. The van der Waals surface area contributed by atoms with Crippen LogP contribution in [0.2, 0.25) is 10.0 Å². The van der Waals surface area contributed by atoms with Crippen LogP contribution >= 0.6 is 31.1 Å². The van der Waals surface area contributed by atoms with Crippen LogP contribution in [-0.4, -0.2) is 13.1 Å². The summed E-state index contributed by atoms with van der Waals surface area (Å²) >= 11 is 14.0. The molecule has 0 aromatic heterocycles. The molecule has 1 aliphatic carbocycles. The molecule has 2 atom stereocenters. The molecular formula is C43H41Cl2N2PRu+2. The third-order valence-corrected chi connectivity index (χ3v) is 13.2. The van der Waals surface area contributed by atoms with Crippen molar-refractivity contribution in [1.82, 2.24) is 0 Å². The van der Waals surface area contributed by atoms with E-state index in [0.717, 1.165) is 18.4 Å². The number of anilines is 2. The van der Waals surface area contributed by atoms with Gasteiger partial charge in [-0.25, -0.2) is 0 Å². The van der Waals surface area contributed by atoms with E-state index in [4.69, 9.17) is 23.2 Å². The second-order valence-corrected chi connectivity index (χ2v) is 16.1. The molecule has 1 heterocycles. The van der Waals surface area contributed by atoms with Crippen molar-refractivity contribution in [2.75, 3.05) is 22.9 Å². The predicted molar refractivity (Wildman–Crippen MR) is 211 cm³/mol. The summed E-state index contributed by atoms with van der Waals surface area (Å²) in [4.78, 5) is 5.12. The summed E-state index contributed by atoms with van der Waals surface area (Å²) in [7, 11) is -1.07. The Kier molecular flexibility index (Phi) is 10.6. The Labute approximate surface area is 316 Å². The van der Waals surface area contributed by atoms with Crippen molar-refractivity contribution >= 4 is 59.5 Å². The van der Waals surface area contributed by atoms with Gasteiger partial charge in [0.15, 0.2) is 0 Å². The molecule has 2 nitrogen and oxygen atoms in total. The maximum absolute atomic E-state index is 7.22. The molecule has 5 aromatic rings. The van der Waals surface area contributed by atoms with Crippen LogP contribution in [0, 0.1) is 41.5 Å². The van der Waals surface area contributed by atoms with Crippen LogP contribution in [0.4, 0.5) is 11.4 Å². The van der Waals surface area contributed by atoms with Crippen LogP contribution in [0.1, 0.15) is 55.7 Å². The van der Waals surface area contributed by atoms with Crippen molar-refractivity contribution in [2.24, 2.45) is 0 Å². The van der Waals surface area contributed by atoms with Gasteiger partial charge in [0.2, 0.25) is 0 Å². The zero-order chi connectivity index (χ0) is 33.7. The second-order valence-electron chi connectivity index (χ2n) is 13.3. The fourth-order valence-corrected chi connectivity index (χ4v) is 11.4. The van der Waals surface area contributed by atoms with Crippen LogP contribution in [0.25, 0.3) is 11.6 Å². The first-order valence-corrected chi connectivity index (χ1v) is 18.9. The Morgan fingerprint density at radius 2 is 1.18 bits per heavy atom. The predicted octanol–water partition coefficient (Wildman–Crippen LogP) is 12.1. The molecule has 1 aliphatic heterocycles. The molecule has 2 unspecified atom stereocenters. The monoisotopic (exact) mass is 788 g/mol. The average Bonchev–Trinajstić information content (AvgIpc) is 3.62. The number of aryl methyl sites for hydroxylation is 6. The number of benzene rings is 5. The van der Waals surface area contributed by atoms with Gasteiger partial charge in [-0.05, 0) is 112 Å². The molecule has 2 aliphatic rings. The van der Waals surface area contributed by atoms with E-state index >= 15 is 0 Å². The minimum atomic E-state index is -1.07. The summed E-state index contributed by atoms with van der Waals surface area (Å²) in [6, 6.07) is 35.1. The number of allylic oxidation sites excluding steroid dienone is 1. The van der Waals surface area contributed by atoms with Gasteiger partial charge in [0.05, 0.1) is 10.0 Å². The zero-order valence-corrected chi connectivity index (χ0v) is 33.0. The van der Waals surface area contributed by atoms with Crippen LogP contribution < -0.4 is 15.1 Å². The summed E-state index contributed by atoms with van der Waals surface area (Å²) in [6.45, 7) is 15.1. The third kappa shape index (κ3) is 6.69. The van der Waals surface area contributed by atoms with E-state index in [1.165, 1.54) is 72.8 Å². The Morgan fingerprint density at radius 1 is 0.653 bits per heavy atom. The Hall–Kier alpha value is -3.19. The van der Waals surface area contributed by atoms with Gasteiger partial charge < -0.3 is 9.80 Å². The molecule has 5 aromatic carbocycles. The van der Waals surface area contributed by atoms with Crippen LogP contribution in [-0.2, 0) is 19.5 Å². The first-order valence-electron chi connectivity index (χ1n) is 16.6. The molecule has 0 amide bonds. The maximum Gasteiger partial charge on any atom is 2.00 e. The van der Waals surface area contributed by atoms with Gasteiger partial charge in [-0.15, -0.1) is 0 Å². The molecule has 0 bridgehead atoms. The fraction of sp³-hybridized carbons (Fsp3) is 0.209. The van der Waals surface area contributed by atoms with E-state index in [9.17, 15) is 0 Å². The summed E-state index contributed by atoms with van der Waals surface area (Å²) in [5, 5.41) is 2.32. The van der Waals surface area contributed by atoms with Crippen molar-refractivity contribution in [3.8, 4) is 0 Å². The number of hydrogen-bond donors (Lipinski definition) is 0. The molecule has 0 radical (unpaired) electrons. The van der Waals surface area contributed by atoms with Gasteiger partial charge in [0, 0.05) is 35.4 Å². The van der Waals surface area contributed by atoms with Gasteiger partial charge in [0.25, 0.3) is 0 Å². The average molecular weight is 789 g/mol. The normalized spacial score (nSPS) is 16.0. The summed E-state index contributed by atoms with van der Waals surface area (Å²) < 4.78 is 0. The van der Waals surface area contributed by atoms with E-state index in [1.54, 1.807) is 0 Å². The SMILES string of the molecule is Cc1cc(C)c(N2CCN(c3c(C)cc(C)cc3C)C2=CP(c2cccc(Cl)c2Cl)C2C(c3ccccc3)=Cc3ccccc32)c(C)c1.[Ru+2]. The van der Waals surface area contributed by atoms with Crippen LogP contribution in [0.15, 0.2) is 109 Å². The maximum atomic E-state index is 7.22. The fourth-order valence-electron chi connectivity index (χ4n) is 7.94. The number of hydrogen-bond acceptors (Lipinski definition) is 2. The molecule has 6 heteroatoms. The number of rotatable bonds is 6. The molecular weight excluding hydrogens is 747 g/mol. The molecule has 0 saturated carbocycles. The first kappa shape index (κ1) is 35.6. The minimum Gasteiger partial charge on any atom is -0.325 e. The number of nitrogens with zero attached hydrogens (tertiary/aromatic N) is 2. The topological polar surface area (TPSA) is 6.48 Å². The van der Waals surface area contributed by atoms with Crippen molar-refractivity contribution in [3.05, 3.63) is 169 Å². The van der Waals surface area contributed by atoms with E-state index in [0.29, 0.717) is 10.0 Å². The standard InChI is InChI=1S/C43H41Cl2N2P.Ru/c1-27-21-29(3)41(30(4)22-27)46-19-20-47(42-31(5)23-28(2)24-32(42)6)39(46)26-48(38-18-12-17-37(44)40(38)45)43-35-16-11-10-15-34(35)25-36(43)33-13-8-7-9-14-33;/h7-18,21-26,43H,19-20H2,1-6H3;/q;+2. The van der Waals surface area contributed by atoms with Crippen molar-refractivity contribution in [1.29, 1.82) is 0 Å². The third-order valence-electron chi connectivity index (χ3n) is 9.66. The molecule has 0 spiro atoms. The second kappa shape index (κ2) is 14.6. The zero-order valence-electron chi connectivity index (χ0n) is 28.8. The van der Waals surface area contributed by atoms with Gasteiger partial charge >= 0.3 is 19.5 Å². The quantitative estimate of drug-likeness (QED) is 0.125. The number of fused-ring (bicyclic) bond motifs is 1. The smallest absolute Gasteiger partial charge is 0.325 e. The number of halogens is 2. The molecule has 7 rings (SSSR count). The molecule has 1 saturated heterocycles. The summed E-state index contributed by atoms with van der Waals surface area (Å²) in [5.74, 6) is 3.76. The van der Waals surface area contributed by atoms with Gasteiger partial charge in [-0.3, -0.25) is 0 Å². The van der Waals surface area contributed by atoms with E-state index in [2.05, 4.69) is 154 Å². The minimum absolute atomic E-state index is 0. The molecule has 49 heavy (non-hydrogen) atoms. The molecule has 248 valence electrons. The van der Waals surface area contributed by atoms with Crippen molar-refractivity contribution in [2.45, 2.75) is 47.2 Å². The summed E-state index contributed by atoms with van der Waals surface area (Å²) in [6.07, 6.45) is 2.38. The first-order chi connectivity index (χ1) is 23.1.